The number of quaternary nitrogens is 1. The fourth-order valence-electron chi connectivity index (χ4n) is 4.43. The van der Waals surface area contributed by atoms with E-state index >= 15 is 0 Å². The second-order valence-electron chi connectivity index (χ2n) is 12.8. The molecule has 0 atom stereocenters. The Kier molecular flexibility index (Phi) is 52.6. The Bertz CT molecular complexity index is 2970. The molecule has 7 N–H and O–H groups in total. The van der Waals surface area contributed by atoms with Crippen LogP contribution in [0.3, 0.4) is 0 Å². The second kappa shape index (κ2) is 51.7. The molecule has 0 radical (unpaired) electrons. The Balaban J connectivity index is -0.000000869. The number of thiocarbonyl (C=S) groups is 2. The van der Waals surface area contributed by atoms with Gasteiger partial charge in [0.2, 0.25) is 16.6 Å². The van der Waals surface area contributed by atoms with Crippen LogP contribution in [-0.4, -0.2) is 48.3 Å². The van der Waals surface area contributed by atoms with Crippen molar-refractivity contribution in [1.29, 1.82) is 10.8 Å². The molecule has 0 spiro atoms. The molecule has 0 aliphatic heterocycles. The fraction of sp³-hybridized carbons (Fsp3) is 0.0204. The minimum atomic E-state index is -0.591. The van der Waals surface area contributed by atoms with Crippen LogP contribution in [0, 0.1) is 22.4 Å². The lowest BCUT2D eigenvalue weighted by Crippen LogP contribution is -3.00. The van der Waals surface area contributed by atoms with Gasteiger partial charge in [0.25, 0.3) is 13.7 Å². The van der Waals surface area contributed by atoms with Gasteiger partial charge in [0.15, 0.2) is 0 Å². The van der Waals surface area contributed by atoms with Gasteiger partial charge >= 0.3 is 14.3 Å². The zero-order chi connectivity index (χ0) is 58.1. The lowest BCUT2D eigenvalue weighted by atomic mass is 10.2. The largest absolute Gasteiger partial charge is 1.00 e. The summed E-state index contributed by atoms with van der Waals surface area (Å²) >= 11 is 28.4. The van der Waals surface area contributed by atoms with E-state index in [0.717, 1.165) is 86.6 Å². The van der Waals surface area contributed by atoms with E-state index in [0.29, 0.717) is 42.0 Å². The monoisotopic (exact) mass is 1470 g/mol. The third-order valence-electron chi connectivity index (χ3n) is 7.54. The SMILES string of the molecule is C.N=C(SSC(=O)Cl)c1ccccc1.N=C(SSC(=O)Cl)c1ccccc1.NC(=S)c1ccccc1.O=C(Cl)SCl.O=C([ClH+])SCl.O=c1nc(-c2ccccc2)ss1.O=c1nc(-c2ccccc2)ss1.[Cl-].[Cl-].[NH3+]C(=S)c1ccccc1. The van der Waals surface area contributed by atoms with Crippen LogP contribution in [0.25, 0.3) is 21.1 Å². The summed E-state index contributed by atoms with van der Waals surface area (Å²) in [4.78, 5) is 69.9. The van der Waals surface area contributed by atoms with Crippen LogP contribution in [0.4, 0.5) is 19.2 Å². The molecule has 0 amide bonds. The van der Waals surface area contributed by atoms with Crippen LogP contribution >= 0.6 is 187 Å². The number of nitrogens with zero attached hydrogens (tertiary/aromatic N) is 2. The van der Waals surface area contributed by atoms with Gasteiger partial charge < -0.3 is 36.3 Å². The minimum absolute atomic E-state index is 0. The Morgan fingerprint density at radius 3 is 0.926 bits per heavy atom. The van der Waals surface area contributed by atoms with Gasteiger partial charge in [-0.05, 0) is 123 Å². The summed E-state index contributed by atoms with van der Waals surface area (Å²) in [5, 5.41) is 17.4. The first-order chi connectivity index (χ1) is 37.3. The molecule has 8 rings (SSSR count). The standard InChI is InChI=1S/2C8H6ClNOS2.2C8H5NOS2.2C7H7NS.CHCl2OS.CCl2OS.CH4.2ClH/c2*9-8(11)13-12-7(10)6-4-2-1-3-5-6;2*10-8-9-7(11-12-8)6-4-2-1-3-5-6;2*8-7(9)6-4-2-1-3-5-6;2*2-1(4)5-3;;;/h2*1-5,10H;2*1-5H;2*1-5H,(H2,8,9);2H;;1H4;2*1H/q;;;;;;+1;;;;/p-1. The number of carbonyl (C=O) groups is 4. The molecule has 0 fully saturated rings. The van der Waals surface area contributed by atoms with Crippen LogP contribution in [0.15, 0.2) is 192 Å². The Labute approximate surface area is 558 Å². The highest BCUT2D eigenvalue weighted by atomic mass is 35.7. The molecule has 2 aromatic heterocycles. The predicted molar refractivity (Wildman–Crippen MR) is 358 cm³/mol. The zero-order valence-corrected chi connectivity index (χ0v) is 55.8. The molecule has 0 aliphatic rings. The Morgan fingerprint density at radius 2 is 0.741 bits per heavy atom. The average Bonchev–Trinajstić information content (AvgIpc) is 4.12. The number of nitrogens with two attached hydrogens (primary N) is 1. The third-order valence-corrected chi connectivity index (χ3v) is 18.7. The highest BCUT2D eigenvalue weighted by Gasteiger charge is 2.07. The first kappa shape index (κ1) is 82.5. The van der Waals surface area contributed by atoms with Gasteiger partial charge in [0, 0.05) is 65.9 Å². The lowest BCUT2D eigenvalue weighted by molar-refractivity contribution is -0.232. The number of aromatic nitrogens is 2. The van der Waals surface area contributed by atoms with Crippen LogP contribution in [0.1, 0.15) is 29.7 Å². The first-order valence-corrected chi connectivity index (χ1v) is 34.7. The van der Waals surface area contributed by atoms with Crippen molar-refractivity contribution in [2.75, 3.05) is 0 Å². The van der Waals surface area contributed by atoms with Crippen molar-refractivity contribution in [3.63, 3.8) is 0 Å². The van der Waals surface area contributed by atoms with Gasteiger partial charge in [-0.15, -0.1) is 0 Å². The highest BCUT2D eigenvalue weighted by Crippen LogP contribution is 2.29. The number of hydrogen-bond donors (Lipinski definition) is 4. The van der Waals surface area contributed by atoms with Crippen molar-refractivity contribution in [2.24, 2.45) is 5.73 Å². The van der Waals surface area contributed by atoms with Gasteiger partial charge in [-0.1, -0.05) is 210 Å². The van der Waals surface area contributed by atoms with Gasteiger partial charge in [-0.25, -0.2) is 4.79 Å². The topological polar surface area (TPSA) is 230 Å². The molecule has 0 unspecified atom stereocenters. The van der Waals surface area contributed by atoms with Crippen molar-refractivity contribution in [1.82, 2.24) is 9.97 Å². The Hall–Kier alpha value is -2.74. The summed E-state index contributed by atoms with van der Waals surface area (Å²) in [5.74, 6) is 0. The maximum absolute atomic E-state index is 10.8. The summed E-state index contributed by atoms with van der Waals surface area (Å²) in [6.07, 6.45) is 0. The van der Waals surface area contributed by atoms with E-state index in [-0.39, 0.29) is 42.0 Å². The maximum Gasteiger partial charge on any atom is 0.475 e. The number of nitrogens with one attached hydrogen (secondary N) is 2. The number of carbonyl (C=O) groups excluding carboxylic acids is 4. The molecule has 0 bridgehead atoms. The molecule has 6 aromatic carbocycles. The molecular weight excluding hydrogens is 1440 g/mol. The maximum atomic E-state index is 10.8. The smallest absolute Gasteiger partial charge is 0.475 e. The zero-order valence-electron chi connectivity index (χ0n) is 39.9. The summed E-state index contributed by atoms with van der Waals surface area (Å²) in [5.41, 5.74) is 14.6. The van der Waals surface area contributed by atoms with E-state index in [1.54, 1.807) is 0 Å². The van der Waals surface area contributed by atoms with E-state index < -0.39 is 18.3 Å². The highest BCUT2D eigenvalue weighted by molar-refractivity contribution is 8.88. The predicted octanol–water partition coefficient (Wildman–Crippen LogP) is 12.0. The molecule has 81 heavy (non-hydrogen) atoms. The fourth-order valence-corrected chi connectivity index (χ4v) is 10.8. The summed E-state index contributed by atoms with van der Waals surface area (Å²) in [6.45, 7) is 0. The third kappa shape index (κ3) is 42.7. The molecule has 8 aromatic rings. The quantitative estimate of drug-likeness (QED) is 0.0399. The summed E-state index contributed by atoms with van der Waals surface area (Å²) in [7, 11) is 19.6. The van der Waals surface area contributed by atoms with Crippen molar-refractivity contribution in [2.45, 2.75) is 7.43 Å². The lowest BCUT2D eigenvalue weighted by Gasteiger charge is -1.99. The van der Waals surface area contributed by atoms with Gasteiger partial charge in [-0.3, -0.25) is 34.8 Å². The average molecular weight is 1480 g/mol. The van der Waals surface area contributed by atoms with E-state index in [9.17, 15) is 28.8 Å². The Morgan fingerprint density at radius 1 is 0.481 bits per heavy atom. The minimum Gasteiger partial charge on any atom is -1.00 e. The van der Waals surface area contributed by atoms with Crippen molar-refractivity contribution >= 4 is 225 Å². The van der Waals surface area contributed by atoms with Crippen molar-refractivity contribution in [3.05, 3.63) is 224 Å². The van der Waals surface area contributed by atoms with Crippen LogP contribution < -0.4 is 46.0 Å². The number of rotatable bonds is 6. The number of benzene rings is 6. The molecule has 32 heteroatoms. The van der Waals surface area contributed by atoms with Gasteiger partial charge in [0.05, 0.1) is 11.0 Å². The van der Waals surface area contributed by atoms with Crippen LogP contribution in [-0.2, 0) is 0 Å². The van der Waals surface area contributed by atoms with Crippen molar-refractivity contribution in [3.8, 4) is 21.1 Å². The molecular formula is C49H42Cl8N6O6S12. The first-order valence-electron chi connectivity index (χ1n) is 20.4. The number of halogens is 8. The van der Waals surface area contributed by atoms with Gasteiger partial charge in [0.1, 0.15) is 25.1 Å². The van der Waals surface area contributed by atoms with Crippen LogP contribution in [0.2, 0.25) is 0 Å². The molecule has 0 saturated heterocycles. The van der Waals surface area contributed by atoms with E-state index in [1.807, 2.05) is 182 Å². The van der Waals surface area contributed by atoms with E-state index in [4.69, 9.17) is 85.6 Å². The van der Waals surface area contributed by atoms with Crippen LogP contribution in [0.5, 0.6) is 0 Å². The van der Waals surface area contributed by atoms with E-state index in [1.165, 1.54) is 41.4 Å². The molecule has 0 saturated carbocycles. The van der Waals surface area contributed by atoms with E-state index in [2.05, 4.69) is 38.9 Å². The number of hydrogen-bond acceptors (Lipinski definition) is 22. The molecule has 2 heterocycles. The normalized spacial score (nSPS) is 8.98. The molecule has 12 nitrogen and oxygen atoms in total. The second-order valence-corrected chi connectivity index (χ2v) is 26.4. The summed E-state index contributed by atoms with van der Waals surface area (Å²) < 4.78 is -2.09. The summed E-state index contributed by atoms with van der Waals surface area (Å²) in [6, 6.07) is 57.1. The molecule has 432 valence electrons. The molecule has 0 aliphatic carbocycles. The van der Waals surface area contributed by atoms with Crippen molar-refractivity contribution < 1.29 is 61.3 Å². The van der Waals surface area contributed by atoms with Gasteiger partial charge in [-0.2, -0.15) is 9.97 Å².